The molecular weight excluding hydrogens is 260 g/mol. The fourth-order valence-corrected chi connectivity index (χ4v) is 2.70. The van der Waals surface area contributed by atoms with Crippen molar-refractivity contribution in [3.8, 4) is 0 Å². The molecule has 0 bridgehead atoms. The van der Waals surface area contributed by atoms with E-state index in [1.165, 1.54) is 0 Å². The highest BCUT2D eigenvalue weighted by atomic mass is 16.3. The summed E-state index contributed by atoms with van der Waals surface area (Å²) in [5.41, 5.74) is 8.25. The third kappa shape index (κ3) is 1.99. The molecular formula is C18H14N2O. The minimum absolute atomic E-state index is 0.323. The molecule has 4 rings (SSSR count). The van der Waals surface area contributed by atoms with Gasteiger partial charge in [-0.15, -0.1) is 0 Å². The van der Waals surface area contributed by atoms with Crippen LogP contribution < -0.4 is 5.73 Å². The van der Waals surface area contributed by atoms with E-state index in [0.717, 1.165) is 33.1 Å². The SMILES string of the molecule is NC(c1cc2ccccc2o1)c1cncc2ccccc12. The Balaban J connectivity index is 1.87. The number of para-hydroxylation sites is 1. The van der Waals surface area contributed by atoms with E-state index in [-0.39, 0.29) is 6.04 Å². The second-order valence-electron chi connectivity index (χ2n) is 5.11. The summed E-state index contributed by atoms with van der Waals surface area (Å²) >= 11 is 0. The van der Waals surface area contributed by atoms with E-state index in [1.807, 2.05) is 60.9 Å². The molecule has 1 atom stereocenters. The van der Waals surface area contributed by atoms with Crippen molar-refractivity contribution in [2.75, 3.05) is 0 Å². The largest absolute Gasteiger partial charge is 0.459 e. The molecule has 0 aliphatic carbocycles. The average Bonchev–Trinajstić information content (AvgIpc) is 2.97. The van der Waals surface area contributed by atoms with E-state index >= 15 is 0 Å². The summed E-state index contributed by atoms with van der Waals surface area (Å²) < 4.78 is 5.88. The lowest BCUT2D eigenvalue weighted by molar-refractivity contribution is 0.526. The van der Waals surface area contributed by atoms with Crippen molar-refractivity contribution in [1.29, 1.82) is 0 Å². The van der Waals surface area contributed by atoms with E-state index in [0.29, 0.717) is 0 Å². The van der Waals surface area contributed by atoms with Crippen LogP contribution in [-0.2, 0) is 0 Å². The zero-order chi connectivity index (χ0) is 14.2. The van der Waals surface area contributed by atoms with Crippen LogP contribution in [0.2, 0.25) is 0 Å². The van der Waals surface area contributed by atoms with Gasteiger partial charge in [0.15, 0.2) is 0 Å². The van der Waals surface area contributed by atoms with Crippen LogP contribution in [0.25, 0.3) is 21.7 Å². The molecule has 0 amide bonds. The third-order valence-corrected chi connectivity index (χ3v) is 3.79. The predicted octanol–water partition coefficient (Wildman–Crippen LogP) is 4.03. The van der Waals surface area contributed by atoms with Crippen molar-refractivity contribution in [1.82, 2.24) is 4.98 Å². The summed E-state index contributed by atoms with van der Waals surface area (Å²) in [6, 6.07) is 17.7. The number of benzene rings is 2. The van der Waals surface area contributed by atoms with Crippen LogP contribution in [0, 0.1) is 0 Å². The monoisotopic (exact) mass is 274 g/mol. The number of fused-ring (bicyclic) bond motifs is 2. The maximum Gasteiger partial charge on any atom is 0.134 e. The Hall–Kier alpha value is -2.65. The molecule has 0 aliphatic heterocycles. The zero-order valence-corrected chi connectivity index (χ0v) is 11.4. The van der Waals surface area contributed by atoms with Gasteiger partial charge in [0.2, 0.25) is 0 Å². The molecule has 0 fully saturated rings. The lowest BCUT2D eigenvalue weighted by Gasteiger charge is -2.11. The van der Waals surface area contributed by atoms with E-state index in [9.17, 15) is 0 Å². The zero-order valence-electron chi connectivity index (χ0n) is 11.4. The number of hydrogen-bond acceptors (Lipinski definition) is 3. The number of furan rings is 1. The van der Waals surface area contributed by atoms with Gasteiger partial charge >= 0.3 is 0 Å². The van der Waals surface area contributed by atoms with Crippen molar-refractivity contribution in [3.63, 3.8) is 0 Å². The molecule has 2 N–H and O–H groups in total. The van der Waals surface area contributed by atoms with Crippen LogP contribution in [0.4, 0.5) is 0 Å². The van der Waals surface area contributed by atoms with E-state index in [1.54, 1.807) is 0 Å². The normalized spacial score (nSPS) is 12.8. The van der Waals surface area contributed by atoms with Gasteiger partial charge in [0.1, 0.15) is 11.3 Å². The molecule has 0 radical (unpaired) electrons. The standard InChI is InChI=1S/C18H14N2O/c19-18(17-9-12-5-2-4-8-16(12)21-17)15-11-20-10-13-6-1-3-7-14(13)15/h1-11,18H,19H2. The van der Waals surface area contributed by atoms with Crippen molar-refractivity contribution >= 4 is 21.7 Å². The van der Waals surface area contributed by atoms with Crippen LogP contribution in [0.1, 0.15) is 17.4 Å². The molecule has 1 unspecified atom stereocenters. The van der Waals surface area contributed by atoms with Crippen molar-refractivity contribution in [2.24, 2.45) is 5.73 Å². The Morgan fingerprint density at radius 3 is 2.52 bits per heavy atom. The van der Waals surface area contributed by atoms with Gasteiger partial charge in [0.05, 0.1) is 6.04 Å². The molecule has 0 spiro atoms. The van der Waals surface area contributed by atoms with Gasteiger partial charge in [-0.25, -0.2) is 0 Å². The van der Waals surface area contributed by atoms with E-state index < -0.39 is 0 Å². The summed E-state index contributed by atoms with van der Waals surface area (Å²) in [5, 5.41) is 3.26. The van der Waals surface area contributed by atoms with Crippen molar-refractivity contribution in [2.45, 2.75) is 6.04 Å². The lowest BCUT2D eigenvalue weighted by Crippen LogP contribution is -2.11. The highest BCUT2D eigenvalue weighted by Crippen LogP contribution is 2.30. The molecule has 2 aromatic carbocycles. The minimum Gasteiger partial charge on any atom is -0.459 e. The average molecular weight is 274 g/mol. The molecule has 21 heavy (non-hydrogen) atoms. The minimum atomic E-state index is -0.323. The highest BCUT2D eigenvalue weighted by molar-refractivity contribution is 5.85. The number of hydrogen-bond donors (Lipinski definition) is 1. The third-order valence-electron chi connectivity index (χ3n) is 3.79. The molecule has 4 aromatic rings. The second-order valence-corrected chi connectivity index (χ2v) is 5.11. The Morgan fingerprint density at radius 1 is 0.905 bits per heavy atom. The van der Waals surface area contributed by atoms with Gasteiger partial charge in [-0.05, 0) is 17.5 Å². The number of nitrogens with zero attached hydrogens (tertiary/aromatic N) is 1. The van der Waals surface area contributed by atoms with Crippen LogP contribution in [0.15, 0.2) is 71.4 Å². The Morgan fingerprint density at radius 2 is 1.67 bits per heavy atom. The van der Waals surface area contributed by atoms with Gasteiger partial charge in [0.25, 0.3) is 0 Å². The fraction of sp³-hybridized carbons (Fsp3) is 0.0556. The molecule has 2 aromatic heterocycles. The van der Waals surface area contributed by atoms with Crippen LogP contribution >= 0.6 is 0 Å². The maximum atomic E-state index is 6.41. The first-order valence-electron chi connectivity index (χ1n) is 6.89. The first-order valence-corrected chi connectivity index (χ1v) is 6.89. The molecule has 0 aliphatic rings. The first kappa shape index (κ1) is 12.1. The Kier molecular flexibility index (Phi) is 2.72. The second kappa shape index (κ2) is 4.72. The van der Waals surface area contributed by atoms with Gasteiger partial charge in [-0.2, -0.15) is 0 Å². The highest BCUT2D eigenvalue weighted by Gasteiger charge is 2.16. The molecule has 0 saturated carbocycles. The molecule has 2 heterocycles. The molecule has 102 valence electrons. The Bertz CT molecular complexity index is 888. The lowest BCUT2D eigenvalue weighted by atomic mass is 10.0. The number of nitrogens with two attached hydrogens (primary N) is 1. The maximum absolute atomic E-state index is 6.41. The van der Waals surface area contributed by atoms with Crippen LogP contribution in [0.3, 0.4) is 0 Å². The topological polar surface area (TPSA) is 52.0 Å². The van der Waals surface area contributed by atoms with E-state index in [4.69, 9.17) is 10.2 Å². The number of rotatable bonds is 2. The first-order chi connectivity index (χ1) is 10.3. The van der Waals surface area contributed by atoms with Crippen molar-refractivity contribution in [3.05, 3.63) is 78.3 Å². The molecule has 3 heteroatoms. The summed E-state index contributed by atoms with van der Waals surface area (Å²) in [7, 11) is 0. The van der Waals surface area contributed by atoms with Gasteiger partial charge in [-0.3, -0.25) is 4.98 Å². The molecule has 0 saturated heterocycles. The Labute approximate surface area is 122 Å². The summed E-state index contributed by atoms with van der Waals surface area (Å²) in [5.74, 6) is 0.759. The molecule has 3 nitrogen and oxygen atoms in total. The number of aromatic nitrogens is 1. The van der Waals surface area contributed by atoms with E-state index in [2.05, 4.69) is 11.1 Å². The summed E-state index contributed by atoms with van der Waals surface area (Å²) in [6.45, 7) is 0. The summed E-state index contributed by atoms with van der Waals surface area (Å²) in [6.07, 6.45) is 3.67. The fourth-order valence-electron chi connectivity index (χ4n) is 2.70. The van der Waals surface area contributed by atoms with Gasteiger partial charge in [-0.1, -0.05) is 42.5 Å². The predicted molar refractivity (Wildman–Crippen MR) is 84.0 cm³/mol. The van der Waals surface area contributed by atoms with Gasteiger partial charge < -0.3 is 10.2 Å². The summed E-state index contributed by atoms with van der Waals surface area (Å²) in [4.78, 5) is 4.29. The van der Waals surface area contributed by atoms with Crippen molar-refractivity contribution < 1.29 is 4.42 Å². The van der Waals surface area contributed by atoms with Crippen LogP contribution in [0.5, 0.6) is 0 Å². The smallest absolute Gasteiger partial charge is 0.134 e. The van der Waals surface area contributed by atoms with Crippen LogP contribution in [-0.4, -0.2) is 4.98 Å². The number of pyridine rings is 1. The quantitative estimate of drug-likeness (QED) is 0.600. The van der Waals surface area contributed by atoms with Gasteiger partial charge in [0, 0.05) is 28.7 Å².